The summed E-state index contributed by atoms with van der Waals surface area (Å²) in [6, 6.07) is 6.15. The molecule has 0 amide bonds. The Morgan fingerprint density at radius 2 is 2.27 bits per heavy atom. The monoisotopic (exact) mass is 240 g/mol. The molecular formula is C11H13ClN2S. The zero-order chi connectivity index (χ0) is 10.7. The van der Waals surface area contributed by atoms with E-state index in [2.05, 4.69) is 34.4 Å². The molecule has 2 aromatic rings. The highest BCUT2D eigenvalue weighted by molar-refractivity contribution is 7.16. The number of nitrogens with zero attached hydrogens (tertiary/aromatic N) is 1. The van der Waals surface area contributed by atoms with E-state index in [1.807, 2.05) is 13.1 Å². The van der Waals surface area contributed by atoms with E-state index in [9.17, 15) is 0 Å². The van der Waals surface area contributed by atoms with Crippen molar-refractivity contribution in [2.45, 2.75) is 13.1 Å². The third-order valence-corrected chi connectivity index (χ3v) is 3.38. The van der Waals surface area contributed by atoms with E-state index in [-0.39, 0.29) is 0 Å². The van der Waals surface area contributed by atoms with E-state index in [1.54, 1.807) is 11.3 Å². The van der Waals surface area contributed by atoms with Crippen molar-refractivity contribution < 1.29 is 0 Å². The molecule has 15 heavy (non-hydrogen) atoms. The Morgan fingerprint density at radius 1 is 1.40 bits per heavy atom. The van der Waals surface area contributed by atoms with E-state index in [1.165, 1.54) is 10.4 Å². The summed E-state index contributed by atoms with van der Waals surface area (Å²) in [5, 5.41) is 3.13. The Balaban J connectivity index is 2.04. The molecule has 2 nitrogen and oxygen atoms in total. The summed E-state index contributed by atoms with van der Waals surface area (Å²) in [6.07, 6.45) is 4.25. The molecule has 0 saturated carbocycles. The molecule has 2 aromatic heterocycles. The van der Waals surface area contributed by atoms with Gasteiger partial charge in [-0.3, -0.25) is 0 Å². The average Bonchev–Trinajstić information content (AvgIpc) is 2.78. The van der Waals surface area contributed by atoms with E-state index >= 15 is 0 Å². The number of hydrogen-bond donors (Lipinski definition) is 1. The molecule has 0 aliphatic carbocycles. The van der Waals surface area contributed by atoms with Crippen LogP contribution in [0, 0.1) is 0 Å². The number of hydrogen-bond acceptors (Lipinski definition) is 2. The molecule has 0 fully saturated rings. The number of aromatic nitrogens is 1. The number of halogens is 1. The van der Waals surface area contributed by atoms with Crippen molar-refractivity contribution in [2.75, 3.05) is 7.05 Å². The molecule has 0 unspecified atom stereocenters. The SMILES string of the molecule is CNCc1ccn(Cc2ccc(Cl)s2)c1. The third-order valence-electron chi connectivity index (χ3n) is 2.16. The fraction of sp³-hybridized carbons (Fsp3) is 0.273. The normalized spacial score (nSPS) is 10.8. The molecule has 0 spiro atoms. The first-order valence-electron chi connectivity index (χ1n) is 4.81. The molecule has 1 N–H and O–H groups in total. The van der Waals surface area contributed by atoms with Crippen LogP contribution in [-0.2, 0) is 13.1 Å². The Labute approximate surface area is 98.5 Å². The molecule has 0 aromatic carbocycles. The first-order chi connectivity index (χ1) is 7.28. The highest BCUT2D eigenvalue weighted by atomic mass is 35.5. The molecular weight excluding hydrogens is 228 g/mol. The Kier molecular flexibility index (Phi) is 3.46. The summed E-state index contributed by atoms with van der Waals surface area (Å²) in [6.45, 7) is 1.82. The predicted molar refractivity (Wildman–Crippen MR) is 65.6 cm³/mol. The van der Waals surface area contributed by atoms with Gasteiger partial charge in [0.1, 0.15) is 0 Å². The van der Waals surface area contributed by atoms with Crippen molar-refractivity contribution in [3.8, 4) is 0 Å². The summed E-state index contributed by atoms with van der Waals surface area (Å²) < 4.78 is 3.03. The average molecular weight is 241 g/mol. The van der Waals surface area contributed by atoms with Gasteiger partial charge >= 0.3 is 0 Å². The molecule has 4 heteroatoms. The Morgan fingerprint density at radius 3 is 2.93 bits per heavy atom. The third kappa shape index (κ3) is 2.84. The molecule has 0 aliphatic rings. The maximum atomic E-state index is 5.88. The van der Waals surface area contributed by atoms with Gasteiger partial charge in [0.25, 0.3) is 0 Å². The topological polar surface area (TPSA) is 17.0 Å². The highest BCUT2D eigenvalue weighted by Crippen LogP contribution is 2.22. The number of nitrogens with one attached hydrogen (secondary N) is 1. The van der Waals surface area contributed by atoms with Gasteiger partial charge in [0.2, 0.25) is 0 Å². The van der Waals surface area contributed by atoms with Crippen LogP contribution in [0.4, 0.5) is 0 Å². The van der Waals surface area contributed by atoms with E-state index in [4.69, 9.17) is 11.6 Å². The lowest BCUT2D eigenvalue weighted by atomic mass is 10.3. The summed E-state index contributed by atoms with van der Waals surface area (Å²) in [7, 11) is 1.95. The fourth-order valence-electron chi connectivity index (χ4n) is 1.51. The quantitative estimate of drug-likeness (QED) is 0.870. The van der Waals surface area contributed by atoms with E-state index in [0.29, 0.717) is 0 Å². The fourth-order valence-corrected chi connectivity index (χ4v) is 2.61. The second-order valence-corrected chi connectivity index (χ2v) is 5.23. The van der Waals surface area contributed by atoms with Crippen molar-refractivity contribution in [1.82, 2.24) is 9.88 Å². The Bertz CT molecular complexity index is 433. The number of thiophene rings is 1. The first-order valence-corrected chi connectivity index (χ1v) is 6.01. The van der Waals surface area contributed by atoms with Gasteiger partial charge < -0.3 is 9.88 Å². The molecule has 2 rings (SSSR count). The van der Waals surface area contributed by atoms with Crippen molar-refractivity contribution in [1.29, 1.82) is 0 Å². The second kappa shape index (κ2) is 4.84. The lowest BCUT2D eigenvalue weighted by molar-refractivity contribution is 0.789. The summed E-state index contributed by atoms with van der Waals surface area (Å²) >= 11 is 7.51. The van der Waals surface area contributed by atoms with Crippen LogP contribution >= 0.6 is 22.9 Å². The zero-order valence-corrected chi connectivity index (χ0v) is 10.1. The van der Waals surface area contributed by atoms with Gasteiger partial charge in [-0.1, -0.05) is 11.6 Å². The van der Waals surface area contributed by atoms with Gasteiger partial charge in [-0.15, -0.1) is 11.3 Å². The Hall–Kier alpha value is -0.770. The predicted octanol–water partition coefficient (Wildman–Crippen LogP) is 2.97. The minimum Gasteiger partial charge on any atom is -0.349 e. The minimum atomic E-state index is 0.854. The molecule has 2 heterocycles. The van der Waals surface area contributed by atoms with Gasteiger partial charge in [0.15, 0.2) is 0 Å². The maximum Gasteiger partial charge on any atom is 0.0931 e. The van der Waals surface area contributed by atoms with Crippen molar-refractivity contribution >= 4 is 22.9 Å². The van der Waals surface area contributed by atoms with E-state index in [0.717, 1.165) is 17.4 Å². The van der Waals surface area contributed by atoms with Gasteiger partial charge in [-0.05, 0) is 30.8 Å². The molecule has 0 bridgehead atoms. The van der Waals surface area contributed by atoms with Crippen LogP contribution in [0.2, 0.25) is 4.34 Å². The van der Waals surface area contributed by atoms with Crippen LogP contribution in [0.5, 0.6) is 0 Å². The zero-order valence-electron chi connectivity index (χ0n) is 8.53. The lowest BCUT2D eigenvalue weighted by Crippen LogP contribution is -2.04. The van der Waals surface area contributed by atoms with Gasteiger partial charge in [0.05, 0.1) is 10.9 Å². The first kappa shape index (κ1) is 10.7. The van der Waals surface area contributed by atoms with Crippen LogP contribution in [0.25, 0.3) is 0 Å². The van der Waals surface area contributed by atoms with Crippen LogP contribution in [0.3, 0.4) is 0 Å². The van der Waals surface area contributed by atoms with Crippen molar-refractivity contribution in [3.05, 3.63) is 45.4 Å². The lowest BCUT2D eigenvalue weighted by Gasteiger charge is -1.99. The standard InChI is InChI=1S/C11H13ClN2S/c1-13-6-9-4-5-14(7-9)8-10-2-3-11(12)15-10/h2-5,7,13H,6,8H2,1H3. The van der Waals surface area contributed by atoms with Gasteiger partial charge in [-0.25, -0.2) is 0 Å². The maximum absolute atomic E-state index is 5.88. The van der Waals surface area contributed by atoms with Gasteiger partial charge in [-0.2, -0.15) is 0 Å². The summed E-state index contributed by atoms with van der Waals surface area (Å²) in [5.41, 5.74) is 1.31. The van der Waals surface area contributed by atoms with Gasteiger partial charge in [0, 0.05) is 23.8 Å². The highest BCUT2D eigenvalue weighted by Gasteiger charge is 2.00. The van der Waals surface area contributed by atoms with Crippen LogP contribution < -0.4 is 5.32 Å². The van der Waals surface area contributed by atoms with Crippen LogP contribution in [-0.4, -0.2) is 11.6 Å². The smallest absolute Gasteiger partial charge is 0.0931 e. The largest absolute Gasteiger partial charge is 0.349 e. The molecule has 0 aliphatic heterocycles. The second-order valence-electron chi connectivity index (χ2n) is 3.43. The van der Waals surface area contributed by atoms with Crippen LogP contribution in [0.15, 0.2) is 30.6 Å². The minimum absolute atomic E-state index is 0.854. The van der Waals surface area contributed by atoms with E-state index < -0.39 is 0 Å². The molecule has 0 radical (unpaired) electrons. The summed E-state index contributed by atoms with van der Waals surface area (Å²) in [5.74, 6) is 0. The van der Waals surface area contributed by atoms with Crippen molar-refractivity contribution in [2.24, 2.45) is 0 Å². The molecule has 0 saturated heterocycles. The number of rotatable bonds is 4. The molecule has 80 valence electrons. The van der Waals surface area contributed by atoms with Crippen molar-refractivity contribution in [3.63, 3.8) is 0 Å². The van der Waals surface area contributed by atoms with Crippen LogP contribution in [0.1, 0.15) is 10.4 Å². The summed E-state index contributed by atoms with van der Waals surface area (Å²) in [4.78, 5) is 1.28. The molecule has 0 atom stereocenters.